The van der Waals surface area contributed by atoms with E-state index in [1.807, 2.05) is 0 Å². The average Bonchev–Trinajstić information content (AvgIpc) is 2.32. The Morgan fingerprint density at radius 2 is 2.31 bits per heavy atom. The summed E-state index contributed by atoms with van der Waals surface area (Å²) in [6.07, 6.45) is 3.37. The first-order valence-corrected chi connectivity index (χ1v) is 5.56. The van der Waals surface area contributed by atoms with Crippen molar-refractivity contribution in [3.8, 4) is 5.75 Å². The number of hydrogen-bond donors (Lipinski definition) is 1. The highest BCUT2D eigenvalue weighted by Gasteiger charge is 2.15. The van der Waals surface area contributed by atoms with Gasteiger partial charge in [-0.15, -0.1) is 0 Å². The molecule has 1 saturated heterocycles. The Morgan fingerprint density at radius 3 is 3.06 bits per heavy atom. The minimum atomic E-state index is -0.443. The summed E-state index contributed by atoms with van der Waals surface area (Å²) in [5, 5.41) is 0. The van der Waals surface area contributed by atoms with Crippen LogP contribution >= 0.6 is 0 Å². The zero-order chi connectivity index (χ0) is 11.4. The van der Waals surface area contributed by atoms with E-state index in [2.05, 4.69) is 0 Å². The maximum atomic E-state index is 13.1. The molecule has 0 amide bonds. The Labute approximate surface area is 94.3 Å². The number of benzene rings is 1. The molecule has 88 valence electrons. The van der Waals surface area contributed by atoms with E-state index in [1.54, 1.807) is 12.1 Å². The van der Waals surface area contributed by atoms with Gasteiger partial charge in [0, 0.05) is 6.61 Å². The third-order valence-electron chi connectivity index (χ3n) is 2.71. The molecule has 3 nitrogen and oxygen atoms in total. The molecule has 1 aromatic carbocycles. The first-order valence-electron chi connectivity index (χ1n) is 5.56. The van der Waals surface area contributed by atoms with Crippen LogP contribution in [0.1, 0.15) is 19.3 Å². The lowest BCUT2D eigenvalue weighted by molar-refractivity contribution is -0.0109. The smallest absolute Gasteiger partial charge is 0.149 e. The van der Waals surface area contributed by atoms with Crippen LogP contribution in [0.3, 0.4) is 0 Å². The number of nitrogen functional groups attached to an aromatic ring is 1. The first kappa shape index (κ1) is 11.2. The van der Waals surface area contributed by atoms with Gasteiger partial charge in [-0.1, -0.05) is 6.07 Å². The monoisotopic (exact) mass is 225 g/mol. The zero-order valence-electron chi connectivity index (χ0n) is 9.12. The van der Waals surface area contributed by atoms with Crippen molar-refractivity contribution in [2.75, 3.05) is 18.9 Å². The van der Waals surface area contributed by atoms with E-state index in [-0.39, 0.29) is 11.8 Å². The maximum absolute atomic E-state index is 13.1. The molecule has 1 aliphatic heterocycles. The second-order valence-corrected chi connectivity index (χ2v) is 3.95. The maximum Gasteiger partial charge on any atom is 0.149 e. The summed E-state index contributed by atoms with van der Waals surface area (Å²) in [7, 11) is 0. The summed E-state index contributed by atoms with van der Waals surface area (Å²) in [5.41, 5.74) is 5.63. The number of nitrogens with two attached hydrogens (primary N) is 1. The van der Waals surface area contributed by atoms with E-state index in [1.165, 1.54) is 6.07 Å². The Bertz CT molecular complexity index is 351. The van der Waals surface area contributed by atoms with Gasteiger partial charge in [-0.2, -0.15) is 0 Å². The molecule has 0 saturated carbocycles. The Kier molecular flexibility index (Phi) is 3.62. The van der Waals surface area contributed by atoms with Crippen molar-refractivity contribution in [2.45, 2.75) is 25.4 Å². The molecule has 2 N–H and O–H groups in total. The van der Waals surface area contributed by atoms with E-state index >= 15 is 0 Å². The second-order valence-electron chi connectivity index (χ2n) is 3.95. The fourth-order valence-electron chi connectivity index (χ4n) is 1.76. The molecule has 0 radical (unpaired) electrons. The van der Waals surface area contributed by atoms with Crippen molar-refractivity contribution in [3.63, 3.8) is 0 Å². The molecule has 1 aromatic rings. The van der Waals surface area contributed by atoms with Crippen LogP contribution in [-0.4, -0.2) is 19.3 Å². The molecular weight excluding hydrogens is 209 g/mol. The molecule has 1 fully saturated rings. The highest BCUT2D eigenvalue weighted by molar-refractivity contribution is 5.53. The van der Waals surface area contributed by atoms with Crippen molar-refractivity contribution in [3.05, 3.63) is 24.0 Å². The Hall–Kier alpha value is -1.29. The summed E-state index contributed by atoms with van der Waals surface area (Å²) in [6.45, 7) is 1.22. The van der Waals surface area contributed by atoms with Gasteiger partial charge in [-0.05, 0) is 31.4 Å². The van der Waals surface area contributed by atoms with Gasteiger partial charge in [0.05, 0.1) is 6.10 Å². The van der Waals surface area contributed by atoms with E-state index in [4.69, 9.17) is 15.2 Å². The van der Waals surface area contributed by atoms with Gasteiger partial charge in [0.1, 0.15) is 23.9 Å². The van der Waals surface area contributed by atoms with Crippen LogP contribution < -0.4 is 10.5 Å². The first-order chi connectivity index (χ1) is 7.77. The van der Waals surface area contributed by atoms with Gasteiger partial charge < -0.3 is 15.2 Å². The molecule has 0 bridgehead atoms. The van der Waals surface area contributed by atoms with Crippen molar-refractivity contribution in [1.29, 1.82) is 0 Å². The minimum Gasteiger partial charge on any atom is -0.489 e. The van der Waals surface area contributed by atoms with E-state index < -0.39 is 5.82 Å². The lowest BCUT2D eigenvalue weighted by atomic mass is 10.1. The summed E-state index contributed by atoms with van der Waals surface area (Å²) in [4.78, 5) is 0. The van der Waals surface area contributed by atoms with Crippen LogP contribution in [-0.2, 0) is 4.74 Å². The third kappa shape index (κ3) is 2.64. The molecule has 1 atom stereocenters. The average molecular weight is 225 g/mol. The third-order valence-corrected chi connectivity index (χ3v) is 2.71. The van der Waals surface area contributed by atoms with Gasteiger partial charge in [0.15, 0.2) is 0 Å². The summed E-state index contributed by atoms with van der Waals surface area (Å²) in [5.74, 6) is -0.0452. The van der Waals surface area contributed by atoms with Crippen LogP contribution in [0, 0.1) is 5.82 Å². The largest absolute Gasteiger partial charge is 0.489 e. The van der Waals surface area contributed by atoms with Crippen LogP contribution in [0.15, 0.2) is 18.2 Å². The zero-order valence-corrected chi connectivity index (χ0v) is 9.12. The summed E-state index contributed by atoms with van der Waals surface area (Å²) >= 11 is 0. The van der Waals surface area contributed by atoms with E-state index in [0.717, 1.165) is 25.9 Å². The topological polar surface area (TPSA) is 44.5 Å². The molecule has 16 heavy (non-hydrogen) atoms. The molecule has 1 heterocycles. The molecule has 1 aliphatic rings. The number of para-hydroxylation sites is 1. The number of anilines is 1. The number of halogens is 1. The predicted octanol–water partition coefficient (Wildman–Crippen LogP) is 2.36. The normalized spacial score (nSPS) is 20.7. The summed E-state index contributed by atoms with van der Waals surface area (Å²) in [6, 6.07) is 4.57. The van der Waals surface area contributed by atoms with Crippen molar-refractivity contribution in [2.24, 2.45) is 0 Å². The fourth-order valence-corrected chi connectivity index (χ4v) is 1.76. The quantitative estimate of drug-likeness (QED) is 0.803. The van der Waals surface area contributed by atoms with E-state index in [9.17, 15) is 4.39 Å². The molecule has 0 aromatic heterocycles. The van der Waals surface area contributed by atoms with E-state index in [0.29, 0.717) is 12.4 Å². The fraction of sp³-hybridized carbons (Fsp3) is 0.500. The molecule has 0 spiro atoms. The number of hydrogen-bond acceptors (Lipinski definition) is 3. The lowest BCUT2D eigenvalue weighted by Crippen LogP contribution is -2.26. The Balaban J connectivity index is 1.91. The van der Waals surface area contributed by atoms with Gasteiger partial charge in [-0.3, -0.25) is 0 Å². The van der Waals surface area contributed by atoms with Crippen molar-refractivity contribution < 1.29 is 13.9 Å². The summed E-state index contributed by atoms with van der Waals surface area (Å²) < 4.78 is 24.1. The molecule has 4 heteroatoms. The Morgan fingerprint density at radius 1 is 1.44 bits per heavy atom. The highest BCUT2D eigenvalue weighted by atomic mass is 19.1. The predicted molar refractivity (Wildman–Crippen MR) is 59.9 cm³/mol. The van der Waals surface area contributed by atoms with Crippen molar-refractivity contribution in [1.82, 2.24) is 0 Å². The van der Waals surface area contributed by atoms with Crippen LogP contribution in [0.5, 0.6) is 5.75 Å². The lowest BCUT2D eigenvalue weighted by Gasteiger charge is -2.22. The van der Waals surface area contributed by atoms with Crippen LogP contribution in [0.2, 0.25) is 0 Å². The molecule has 0 aliphatic carbocycles. The molecule has 2 rings (SSSR count). The van der Waals surface area contributed by atoms with Crippen LogP contribution in [0.4, 0.5) is 10.1 Å². The SMILES string of the molecule is Nc1c(F)cccc1OCC1CCCCO1. The second kappa shape index (κ2) is 5.16. The molecular formula is C12H16FNO2. The number of ether oxygens (including phenoxy) is 2. The van der Waals surface area contributed by atoms with Gasteiger partial charge in [-0.25, -0.2) is 4.39 Å². The number of rotatable bonds is 3. The molecule has 1 unspecified atom stereocenters. The minimum absolute atomic E-state index is 0.0679. The van der Waals surface area contributed by atoms with Gasteiger partial charge >= 0.3 is 0 Å². The van der Waals surface area contributed by atoms with Gasteiger partial charge in [0.25, 0.3) is 0 Å². The standard InChI is InChI=1S/C12H16FNO2/c13-10-5-3-6-11(12(10)14)16-8-9-4-1-2-7-15-9/h3,5-6,9H,1-2,4,7-8,14H2. The van der Waals surface area contributed by atoms with Crippen molar-refractivity contribution >= 4 is 5.69 Å². The highest BCUT2D eigenvalue weighted by Crippen LogP contribution is 2.24. The van der Waals surface area contributed by atoms with Crippen LogP contribution in [0.25, 0.3) is 0 Å². The van der Waals surface area contributed by atoms with Gasteiger partial charge in [0.2, 0.25) is 0 Å².